The van der Waals surface area contributed by atoms with Crippen LogP contribution in [0, 0.1) is 17.1 Å². The molecule has 70 valence electrons. The summed E-state index contributed by atoms with van der Waals surface area (Å²) in [6.45, 7) is 0. The smallest absolute Gasteiger partial charge is 0.123 e. The average molecular weight is 201 g/mol. The molecule has 0 amide bonds. The molecule has 0 spiro atoms. The summed E-state index contributed by atoms with van der Waals surface area (Å²) in [6.07, 6.45) is 0.212. The lowest BCUT2D eigenvalue weighted by atomic mass is 10.1. The van der Waals surface area contributed by atoms with Crippen LogP contribution in [0.2, 0.25) is 0 Å². The molecule has 0 saturated heterocycles. The Bertz CT molecular complexity index is 309. The summed E-state index contributed by atoms with van der Waals surface area (Å²) in [4.78, 5) is 0. The van der Waals surface area contributed by atoms with Gasteiger partial charge in [0.1, 0.15) is 5.82 Å². The van der Waals surface area contributed by atoms with Crippen LogP contribution in [0.4, 0.5) is 4.39 Å². The Hall–Kier alpha value is -1.11. The summed E-state index contributed by atoms with van der Waals surface area (Å²) >= 11 is 0. The molecule has 1 unspecified atom stereocenters. The SMILES string of the molecule is Cl.N#CCC(N)c1cccc(F)c1. The van der Waals surface area contributed by atoms with Crippen molar-refractivity contribution < 1.29 is 4.39 Å². The van der Waals surface area contributed by atoms with E-state index in [2.05, 4.69) is 0 Å². The van der Waals surface area contributed by atoms with E-state index >= 15 is 0 Å². The number of hydrogen-bond acceptors (Lipinski definition) is 2. The maximum atomic E-state index is 12.6. The van der Waals surface area contributed by atoms with Crippen LogP contribution in [-0.2, 0) is 0 Å². The van der Waals surface area contributed by atoms with Gasteiger partial charge in [-0.05, 0) is 17.7 Å². The molecular weight excluding hydrogens is 191 g/mol. The molecule has 1 atom stereocenters. The van der Waals surface area contributed by atoms with Gasteiger partial charge in [0.25, 0.3) is 0 Å². The quantitative estimate of drug-likeness (QED) is 0.796. The zero-order chi connectivity index (χ0) is 8.97. The fraction of sp³-hybridized carbons (Fsp3) is 0.222. The van der Waals surface area contributed by atoms with Crippen molar-refractivity contribution in [1.82, 2.24) is 0 Å². The monoisotopic (exact) mass is 200 g/mol. The van der Waals surface area contributed by atoms with E-state index in [4.69, 9.17) is 11.0 Å². The van der Waals surface area contributed by atoms with Crippen molar-refractivity contribution in [3.05, 3.63) is 35.6 Å². The van der Waals surface area contributed by atoms with Gasteiger partial charge in [0, 0.05) is 6.04 Å². The molecule has 0 aromatic heterocycles. The first kappa shape index (κ1) is 11.9. The van der Waals surface area contributed by atoms with Crippen molar-refractivity contribution in [2.45, 2.75) is 12.5 Å². The molecule has 0 radical (unpaired) electrons. The molecule has 0 heterocycles. The van der Waals surface area contributed by atoms with Gasteiger partial charge in [-0.1, -0.05) is 12.1 Å². The maximum Gasteiger partial charge on any atom is 0.123 e. The normalized spacial score (nSPS) is 11.2. The van der Waals surface area contributed by atoms with Gasteiger partial charge >= 0.3 is 0 Å². The number of halogens is 2. The molecule has 1 aromatic carbocycles. The van der Waals surface area contributed by atoms with Crippen LogP contribution in [0.5, 0.6) is 0 Å². The van der Waals surface area contributed by atoms with Gasteiger partial charge in [-0.15, -0.1) is 12.4 Å². The van der Waals surface area contributed by atoms with Gasteiger partial charge in [0.2, 0.25) is 0 Å². The minimum atomic E-state index is -0.384. The van der Waals surface area contributed by atoms with Gasteiger partial charge in [-0.2, -0.15) is 5.26 Å². The second-order valence-corrected chi connectivity index (χ2v) is 2.52. The summed E-state index contributed by atoms with van der Waals surface area (Å²) < 4.78 is 12.6. The topological polar surface area (TPSA) is 49.8 Å². The van der Waals surface area contributed by atoms with E-state index in [9.17, 15) is 4.39 Å². The Morgan fingerprint density at radius 2 is 2.23 bits per heavy atom. The third-order valence-electron chi connectivity index (χ3n) is 1.59. The first-order valence-corrected chi connectivity index (χ1v) is 3.62. The van der Waals surface area contributed by atoms with Crippen molar-refractivity contribution in [2.24, 2.45) is 5.73 Å². The third kappa shape index (κ3) is 3.41. The molecule has 2 N–H and O–H groups in total. The number of nitrogens with zero attached hydrogens (tertiary/aromatic N) is 1. The zero-order valence-corrected chi connectivity index (χ0v) is 7.72. The van der Waals surface area contributed by atoms with Crippen LogP contribution in [0.1, 0.15) is 18.0 Å². The summed E-state index contributed by atoms with van der Waals surface area (Å²) in [6, 6.07) is 7.55. The summed E-state index contributed by atoms with van der Waals surface area (Å²) in [5, 5.41) is 8.34. The van der Waals surface area contributed by atoms with Crippen LogP contribution in [0.25, 0.3) is 0 Å². The van der Waals surface area contributed by atoms with Gasteiger partial charge in [0.15, 0.2) is 0 Å². The molecule has 2 nitrogen and oxygen atoms in total. The standard InChI is InChI=1S/C9H9FN2.ClH/c10-8-3-1-2-7(6-8)9(12)4-5-11;/h1-3,6,9H,4,12H2;1H. The van der Waals surface area contributed by atoms with Gasteiger partial charge in [-0.3, -0.25) is 0 Å². The third-order valence-corrected chi connectivity index (χ3v) is 1.59. The van der Waals surface area contributed by atoms with E-state index < -0.39 is 0 Å². The van der Waals surface area contributed by atoms with Crippen molar-refractivity contribution in [3.63, 3.8) is 0 Å². The number of benzene rings is 1. The lowest BCUT2D eigenvalue weighted by molar-refractivity contribution is 0.620. The highest BCUT2D eigenvalue weighted by molar-refractivity contribution is 5.85. The minimum absolute atomic E-state index is 0. The highest BCUT2D eigenvalue weighted by atomic mass is 35.5. The number of nitrogens with two attached hydrogens (primary N) is 1. The first-order valence-electron chi connectivity index (χ1n) is 3.62. The van der Waals surface area contributed by atoms with E-state index in [0.717, 1.165) is 0 Å². The second kappa shape index (κ2) is 5.52. The highest BCUT2D eigenvalue weighted by Gasteiger charge is 2.04. The molecule has 13 heavy (non-hydrogen) atoms. The lowest BCUT2D eigenvalue weighted by Gasteiger charge is -2.06. The van der Waals surface area contributed by atoms with Gasteiger partial charge in [0.05, 0.1) is 12.5 Å². The molecule has 1 aromatic rings. The molecular formula is C9H10ClFN2. The Morgan fingerprint density at radius 3 is 2.77 bits per heavy atom. The van der Waals surface area contributed by atoms with Gasteiger partial charge in [-0.25, -0.2) is 4.39 Å². The Morgan fingerprint density at radius 1 is 1.54 bits per heavy atom. The predicted octanol–water partition coefficient (Wildman–Crippen LogP) is 2.16. The fourth-order valence-electron chi connectivity index (χ4n) is 0.953. The molecule has 0 aliphatic rings. The average Bonchev–Trinajstić information content (AvgIpc) is 2.05. The van der Waals surface area contributed by atoms with E-state index in [-0.39, 0.29) is 30.7 Å². The highest BCUT2D eigenvalue weighted by Crippen LogP contribution is 2.13. The van der Waals surface area contributed by atoms with Crippen molar-refractivity contribution >= 4 is 12.4 Å². The minimum Gasteiger partial charge on any atom is -0.323 e. The molecule has 0 bridgehead atoms. The van der Waals surface area contributed by atoms with Crippen LogP contribution >= 0.6 is 12.4 Å². The van der Waals surface area contributed by atoms with Crippen LogP contribution < -0.4 is 5.73 Å². The summed E-state index contributed by atoms with van der Waals surface area (Å²) in [7, 11) is 0. The molecule has 0 saturated carbocycles. The fourth-order valence-corrected chi connectivity index (χ4v) is 0.953. The van der Waals surface area contributed by atoms with Crippen LogP contribution in [0.15, 0.2) is 24.3 Å². The van der Waals surface area contributed by atoms with E-state index in [1.165, 1.54) is 12.1 Å². The molecule has 1 rings (SSSR count). The molecule has 0 aliphatic carbocycles. The summed E-state index contributed by atoms with van der Waals surface area (Å²) in [5.41, 5.74) is 6.25. The van der Waals surface area contributed by atoms with Gasteiger partial charge < -0.3 is 5.73 Å². The van der Waals surface area contributed by atoms with Crippen molar-refractivity contribution in [2.75, 3.05) is 0 Å². The predicted molar refractivity (Wildman–Crippen MR) is 50.8 cm³/mol. The Kier molecular flexibility index (Phi) is 5.05. The zero-order valence-electron chi connectivity index (χ0n) is 6.90. The number of rotatable bonds is 2. The summed E-state index contributed by atoms with van der Waals surface area (Å²) in [5.74, 6) is -0.319. The van der Waals surface area contributed by atoms with E-state index in [1.807, 2.05) is 6.07 Å². The number of hydrogen-bond donors (Lipinski definition) is 1. The Balaban J connectivity index is 0.00000144. The molecule has 0 aliphatic heterocycles. The Labute approximate surface area is 82.6 Å². The molecule has 4 heteroatoms. The maximum absolute atomic E-state index is 12.6. The largest absolute Gasteiger partial charge is 0.323 e. The number of nitriles is 1. The first-order chi connectivity index (χ1) is 5.74. The second-order valence-electron chi connectivity index (χ2n) is 2.52. The molecule has 0 fully saturated rings. The van der Waals surface area contributed by atoms with E-state index in [0.29, 0.717) is 5.56 Å². The van der Waals surface area contributed by atoms with E-state index in [1.54, 1.807) is 12.1 Å². The lowest BCUT2D eigenvalue weighted by Crippen LogP contribution is -2.09. The van der Waals surface area contributed by atoms with Crippen molar-refractivity contribution in [1.29, 1.82) is 5.26 Å². The van der Waals surface area contributed by atoms with Crippen molar-refractivity contribution in [3.8, 4) is 6.07 Å². The van der Waals surface area contributed by atoms with Crippen LogP contribution in [-0.4, -0.2) is 0 Å². The van der Waals surface area contributed by atoms with Crippen LogP contribution in [0.3, 0.4) is 0 Å².